The summed E-state index contributed by atoms with van der Waals surface area (Å²) in [5.74, 6) is -0.595. The van der Waals surface area contributed by atoms with Crippen LogP contribution in [0.15, 0.2) is 28.7 Å². The molecule has 5 heteroatoms. The summed E-state index contributed by atoms with van der Waals surface area (Å²) in [4.78, 5) is 13.8. The fraction of sp³-hybridized carbons (Fsp3) is 0.154. The smallest absolute Gasteiger partial charge is 0.204 e. The van der Waals surface area contributed by atoms with E-state index in [1.807, 2.05) is 13.0 Å². The lowest BCUT2D eigenvalue weighted by Crippen LogP contribution is -2.01. The number of hydrogen-bond acceptors (Lipinski definition) is 3. The van der Waals surface area contributed by atoms with Crippen LogP contribution in [0.2, 0.25) is 0 Å². The van der Waals surface area contributed by atoms with Crippen molar-refractivity contribution in [2.75, 3.05) is 7.11 Å². The van der Waals surface area contributed by atoms with E-state index >= 15 is 0 Å². The summed E-state index contributed by atoms with van der Waals surface area (Å²) in [6.07, 6.45) is 0. The molecular formula is C13H10BrFO2S. The van der Waals surface area contributed by atoms with E-state index in [9.17, 15) is 9.18 Å². The Morgan fingerprint density at radius 3 is 2.61 bits per heavy atom. The fourth-order valence-corrected chi connectivity index (χ4v) is 3.36. The number of hydrogen-bond donors (Lipinski definition) is 0. The first-order chi connectivity index (χ1) is 8.52. The largest absolute Gasteiger partial charge is 0.494 e. The van der Waals surface area contributed by atoms with Crippen LogP contribution in [0, 0.1) is 12.7 Å². The molecule has 0 N–H and O–H groups in total. The maximum absolute atomic E-state index is 13.5. The van der Waals surface area contributed by atoms with Crippen LogP contribution in [-0.4, -0.2) is 12.9 Å². The zero-order chi connectivity index (χ0) is 13.3. The number of ketones is 1. The summed E-state index contributed by atoms with van der Waals surface area (Å²) in [7, 11) is 1.39. The Hall–Kier alpha value is -1.20. The van der Waals surface area contributed by atoms with E-state index in [1.165, 1.54) is 30.6 Å². The lowest BCUT2D eigenvalue weighted by atomic mass is 10.1. The van der Waals surface area contributed by atoms with Crippen molar-refractivity contribution in [3.63, 3.8) is 0 Å². The van der Waals surface area contributed by atoms with Gasteiger partial charge < -0.3 is 4.74 Å². The number of benzene rings is 1. The number of ether oxygens (including phenoxy) is 1. The number of aryl methyl sites for hydroxylation is 1. The van der Waals surface area contributed by atoms with Gasteiger partial charge in [0.05, 0.1) is 12.0 Å². The summed E-state index contributed by atoms with van der Waals surface area (Å²) in [6, 6.07) is 6.09. The molecule has 0 saturated heterocycles. The molecule has 2 rings (SSSR count). The molecule has 0 radical (unpaired) electrons. The number of halogens is 2. The van der Waals surface area contributed by atoms with Crippen molar-refractivity contribution in [1.29, 1.82) is 0 Å². The van der Waals surface area contributed by atoms with Crippen molar-refractivity contribution >= 4 is 33.0 Å². The minimum absolute atomic E-state index is 0.132. The molecule has 0 unspecified atom stereocenters. The van der Waals surface area contributed by atoms with Gasteiger partial charge in [-0.25, -0.2) is 4.39 Å². The van der Waals surface area contributed by atoms with Gasteiger partial charge in [0.1, 0.15) is 0 Å². The van der Waals surface area contributed by atoms with Crippen molar-refractivity contribution in [3.8, 4) is 5.75 Å². The van der Waals surface area contributed by atoms with Crippen molar-refractivity contribution in [2.45, 2.75) is 6.92 Å². The van der Waals surface area contributed by atoms with Gasteiger partial charge in [-0.15, -0.1) is 11.3 Å². The highest BCUT2D eigenvalue weighted by Crippen LogP contribution is 2.30. The first-order valence-electron chi connectivity index (χ1n) is 5.17. The van der Waals surface area contributed by atoms with E-state index < -0.39 is 5.82 Å². The highest BCUT2D eigenvalue weighted by molar-refractivity contribution is 9.10. The molecule has 94 valence electrons. The van der Waals surface area contributed by atoms with Crippen LogP contribution in [0.4, 0.5) is 4.39 Å². The number of carbonyl (C=O) groups excluding carboxylic acids is 1. The Labute approximate surface area is 117 Å². The van der Waals surface area contributed by atoms with Crippen molar-refractivity contribution in [3.05, 3.63) is 49.9 Å². The molecule has 0 atom stereocenters. The Morgan fingerprint density at radius 2 is 2.11 bits per heavy atom. The van der Waals surface area contributed by atoms with Gasteiger partial charge in [-0.2, -0.15) is 0 Å². The minimum atomic E-state index is -0.534. The van der Waals surface area contributed by atoms with Crippen LogP contribution < -0.4 is 4.74 Å². The molecule has 18 heavy (non-hydrogen) atoms. The van der Waals surface area contributed by atoms with Crippen molar-refractivity contribution < 1.29 is 13.9 Å². The number of methoxy groups -OCH3 is 1. The molecule has 2 aromatic rings. The molecule has 0 fully saturated rings. The van der Waals surface area contributed by atoms with Crippen LogP contribution in [0.3, 0.4) is 0 Å². The second-order valence-corrected chi connectivity index (χ2v) is 5.82. The lowest BCUT2D eigenvalue weighted by Gasteiger charge is -2.04. The first-order valence-corrected chi connectivity index (χ1v) is 6.78. The van der Waals surface area contributed by atoms with Crippen LogP contribution in [-0.2, 0) is 0 Å². The summed E-state index contributed by atoms with van der Waals surface area (Å²) >= 11 is 4.72. The third-order valence-corrected chi connectivity index (χ3v) is 4.37. The number of rotatable bonds is 3. The topological polar surface area (TPSA) is 26.3 Å². The highest BCUT2D eigenvalue weighted by atomic mass is 79.9. The van der Waals surface area contributed by atoms with Crippen LogP contribution >= 0.6 is 27.3 Å². The second-order valence-electron chi connectivity index (χ2n) is 3.71. The Kier molecular flexibility index (Phi) is 3.82. The normalized spacial score (nSPS) is 10.4. The first kappa shape index (κ1) is 13.2. The quantitative estimate of drug-likeness (QED) is 0.789. The van der Waals surface area contributed by atoms with Gasteiger partial charge in [0, 0.05) is 14.9 Å². The maximum atomic E-state index is 13.5. The molecule has 0 spiro atoms. The molecule has 0 aliphatic rings. The fourth-order valence-electron chi connectivity index (χ4n) is 1.58. The highest BCUT2D eigenvalue weighted by Gasteiger charge is 2.17. The summed E-state index contributed by atoms with van der Waals surface area (Å²) < 4.78 is 19.1. The standard InChI is InChI=1S/C13H10BrFO2S/c1-7-5-9(14)13(18-7)12(16)8-3-4-11(17-2)10(15)6-8/h3-6H,1-2H3. The summed E-state index contributed by atoms with van der Waals surface area (Å²) in [6.45, 7) is 1.92. The molecule has 0 amide bonds. The Balaban J connectivity index is 2.40. The Bertz CT molecular complexity index is 607. The molecule has 1 heterocycles. The van der Waals surface area contributed by atoms with Gasteiger partial charge in [-0.1, -0.05) is 0 Å². The molecule has 2 nitrogen and oxygen atoms in total. The van der Waals surface area contributed by atoms with E-state index in [4.69, 9.17) is 4.74 Å². The van der Waals surface area contributed by atoms with E-state index in [1.54, 1.807) is 6.07 Å². The average Bonchev–Trinajstić information content (AvgIpc) is 2.67. The molecule has 0 bridgehead atoms. The zero-order valence-corrected chi connectivity index (χ0v) is 12.2. The van der Waals surface area contributed by atoms with Gasteiger partial charge in [-0.3, -0.25) is 4.79 Å². The van der Waals surface area contributed by atoms with E-state index in [0.29, 0.717) is 10.4 Å². The number of carbonyl (C=O) groups is 1. The molecule has 0 aliphatic carbocycles. The van der Waals surface area contributed by atoms with Gasteiger partial charge >= 0.3 is 0 Å². The lowest BCUT2D eigenvalue weighted by molar-refractivity contribution is 0.104. The molecular weight excluding hydrogens is 319 g/mol. The predicted octanol–water partition coefficient (Wildman–Crippen LogP) is 4.20. The van der Waals surface area contributed by atoms with E-state index in [-0.39, 0.29) is 11.5 Å². The minimum Gasteiger partial charge on any atom is -0.494 e. The third-order valence-electron chi connectivity index (χ3n) is 2.43. The van der Waals surface area contributed by atoms with Crippen LogP contribution in [0.25, 0.3) is 0 Å². The monoisotopic (exact) mass is 328 g/mol. The summed E-state index contributed by atoms with van der Waals surface area (Å²) in [5, 5.41) is 0. The predicted molar refractivity (Wildman–Crippen MR) is 73.1 cm³/mol. The van der Waals surface area contributed by atoms with Crippen molar-refractivity contribution in [2.24, 2.45) is 0 Å². The van der Waals surface area contributed by atoms with E-state index in [2.05, 4.69) is 15.9 Å². The van der Waals surface area contributed by atoms with Gasteiger partial charge in [-0.05, 0) is 47.1 Å². The maximum Gasteiger partial charge on any atom is 0.204 e. The van der Waals surface area contributed by atoms with Gasteiger partial charge in [0.25, 0.3) is 0 Å². The molecule has 0 saturated carbocycles. The SMILES string of the molecule is COc1ccc(C(=O)c2sc(C)cc2Br)cc1F. The molecule has 0 aliphatic heterocycles. The Morgan fingerprint density at radius 1 is 1.39 bits per heavy atom. The van der Waals surface area contributed by atoms with Gasteiger partial charge in [0.2, 0.25) is 5.78 Å². The number of thiophene rings is 1. The molecule has 1 aromatic heterocycles. The second kappa shape index (κ2) is 5.20. The van der Waals surface area contributed by atoms with Crippen LogP contribution in [0.1, 0.15) is 20.1 Å². The van der Waals surface area contributed by atoms with Gasteiger partial charge in [0.15, 0.2) is 11.6 Å². The third kappa shape index (κ3) is 2.47. The van der Waals surface area contributed by atoms with Crippen molar-refractivity contribution in [1.82, 2.24) is 0 Å². The molecule has 1 aromatic carbocycles. The van der Waals surface area contributed by atoms with E-state index in [0.717, 1.165) is 9.35 Å². The average molecular weight is 329 g/mol. The zero-order valence-electron chi connectivity index (χ0n) is 9.79. The summed E-state index contributed by atoms with van der Waals surface area (Å²) in [5.41, 5.74) is 0.316. The van der Waals surface area contributed by atoms with Crippen LogP contribution in [0.5, 0.6) is 5.75 Å².